The van der Waals surface area contributed by atoms with Crippen LogP contribution in [0.5, 0.6) is 17.2 Å². The number of benzene rings is 3. The number of oxazole rings is 1. The first-order valence-corrected chi connectivity index (χ1v) is 10.4. The zero-order valence-corrected chi connectivity index (χ0v) is 18.1. The first-order chi connectivity index (χ1) is 16.1. The molecule has 7 nitrogen and oxygen atoms in total. The van der Waals surface area contributed by atoms with Crippen molar-refractivity contribution < 1.29 is 28.5 Å². The summed E-state index contributed by atoms with van der Waals surface area (Å²) in [6.07, 6.45) is 1.38. The molecule has 1 N–H and O–H groups in total. The van der Waals surface area contributed by atoms with Gasteiger partial charge in [0.1, 0.15) is 41.9 Å². The Labute approximate surface area is 191 Å². The van der Waals surface area contributed by atoms with E-state index in [0.717, 1.165) is 16.9 Å². The monoisotopic (exact) mass is 445 g/mol. The maximum atomic E-state index is 11.0. The number of aryl methyl sites for hydroxylation is 1. The average molecular weight is 445 g/mol. The summed E-state index contributed by atoms with van der Waals surface area (Å²) in [5, 5.41) is 9.01. The lowest BCUT2D eigenvalue weighted by atomic mass is 10.0. The number of hydrogen-bond acceptors (Lipinski definition) is 6. The average Bonchev–Trinajstić information content (AvgIpc) is 3.26. The third-order valence-corrected chi connectivity index (χ3v) is 4.94. The van der Waals surface area contributed by atoms with Gasteiger partial charge in [-0.1, -0.05) is 42.5 Å². The fourth-order valence-corrected chi connectivity index (χ4v) is 3.18. The van der Waals surface area contributed by atoms with Crippen LogP contribution in [0.15, 0.2) is 83.6 Å². The number of carbonyl (C=O) groups is 1. The van der Waals surface area contributed by atoms with Gasteiger partial charge in [0.05, 0.1) is 0 Å². The van der Waals surface area contributed by atoms with Gasteiger partial charge < -0.3 is 23.7 Å². The van der Waals surface area contributed by atoms with Gasteiger partial charge in [-0.2, -0.15) is 0 Å². The summed E-state index contributed by atoms with van der Waals surface area (Å²) in [6.45, 7) is 2.10. The van der Waals surface area contributed by atoms with Gasteiger partial charge in [-0.25, -0.2) is 9.78 Å². The van der Waals surface area contributed by atoms with Gasteiger partial charge in [0, 0.05) is 5.56 Å². The predicted molar refractivity (Wildman–Crippen MR) is 121 cm³/mol. The number of carboxylic acids is 1. The van der Waals surface area contributed by atoms with Gasteiger partial charge in [0.15, 0.2) is 13.0 Å². The highest BCUT2D eigenvalue weighted by molar-refractivity contribution is 5.74. The predicted octanol–water partition coefficient (Wildman–Crippen LogP) is 5.27. The van der Waals surface area contributed by atoms with E-state index >= 15 is 0 Å². The van der Waals surface area contributed by atoms with Crippen molar-refractivity contribution in [2.75, 3.05) is 6.61 Å². The van der Waals surface area contributed by atoms with E-state index in [-0.39, 0.29) is 6.61 Å². The first-order valence-electron chi connectivity index (χ1n) is 10.4. The molecule has 4 aromatic rings. The molecule has 1 heterocycles. The van der Waals surface area contributed by atoms with Crippen LogP contribution in [0.1, 0.15) is 17.0 Å². The highest BCUT2D eigenvalue weighted by Crippen LogP contribution is 2.35. The molecular formula is C26H23NO6. The zero-order chi connectivity index (χ0) is 23.0. The first kappa shape index (κ1) is 22.0. The molecule has 168 valence electrons. The molecule has 0 saturated heterocycles. The summed E-state index contributed by atoms with van der Waals surface area (Å²) in [4.78, 5) is 15.1. The van der Waals surface area contributed by atoms with Gasteiger partial charge >= 0.3 is 5.97 Å². The number of rotatable bonds is 10. The molecule has 0 spiro atoms. The van der Waals surface area contributed by atoms with Crippen LogP contribution in [0.25, 0.3) is 11.1 Å². The van der Waals surface area contributed by atoms with Gasteiger partial charge in [0.2, 0.25) is 0 Å². The van der Waals surface area contributed by atoms with Crippen molar-refractivity contribution in [1.29, 1.82) is 0 Å². The lowest BCUT2D eigenvalue weighted by Crippen LogP contribution is -2.10. The Kier molecular flexibility index (Phi) is 6.90. The summed E-state index contributed by atoms with van der Waals surface area (Å²) in [5.74, 6) is 1.42. The number of aliphatic carboxylic acids is 1. The van der Waals surface area contributed by atoms with Crippen molar-refractivity contribution in [3.05, 3.63) is 96.2 Å². The molecule has 0 amide bonds. The van der Waals surface area contributed by atoms with E-state index in [0.29, 0.717) is 35.1 Å². The summed E-state index contributed by atoms with van der Waals surface area (Å²) in [7, 11) is 0. The normalized spacial score (nSPS) is 10.6. The van der Waals surface area contributed by atoms with Crippen LogP contribution < -0.4 is 14.2 Å². The molecule has 33 heavy (non-hydrogen) atoms. The second-order valence-corrected chi connectivity index (χ2v) is 7.28. The molecule has 4 rings (SSSR count). The van der Waals surface area contributed by atoms with E-state index in [1.807, 2.05) is 67.6 Å². The fraction of sp³-hybridized carbons (Fsp3) is 0.154. The highest BCUT2D eigenvalue weighted by Gasteiger charge is 2.12. The minimum atomic E-state index is -1.05. The van der Waals surface area contributed by atoms with Crippen LogP contribution in [0.2, 0.25) is 0 Å². The van der Waals surface area contributed by atoms with Gasteiger partial charge in [0.25, 0.3) is 0 Å². The second kappa shape index (κ2) is 10.4. The van der Waals surface area contributed by atoms with Crippen LogP contribution in [0.3, 0.4) is 0 Å². The number of aromatic nitrogens is 1. The van der Waals surface area contributed by atoms with Crippen LogP contribution in [-0.4, -0.2) is 22.7 Å². The third kappa shape index (κ3) is 5.92. The Hall–Kier alpha value is -4.26. The van der Waals surface area contributed by atoms with Crippen molar-refractivity contribution >= 4 is 5.97 Å². The van der Waals surface area contributed by atoms with E-state index in [1.165, 1.54) is 6.39 Å². The van der Waals surface area contributed by atoms with Crippen molar-refractivity contribution in [3.63, 3.8) is 0 Å². The van der Waals surface area contributed by atoms with Crippen molar-refractivity contribution in [1.82, 2.24) is 4.98 Å². The summed E-state index contributed by atoms with van der Waals surface area (Å²) >= 11 is 0. The molecule has 0 unspecified atom stereocenters. The number of ether oxygens (including phenoxy) is 3. The topological polar surface area (TPSA) is 91.0 Å². The van der Waals surface area contributed by atoms with Crippen molar-refractivity contribution in [2.45, 2.75) is 20.1 Å². The lowest BCUT2D eigenvalue weighted by Gasteiger charge is -2.14. The SMILES string of the molecule is Cc1ocnc1COc1ccc(OCC(=O)O)c(-c2ccc(OCc3ccccc3)cc2)c1. The lowest BCUT2D eigenvalue weighted by molar-refractivity contribution is -0.139. The maximum Gasteiger partial charge on any atom is 0.341 e. The standard InChI is InChI=1S/C26H23NO6/c1-18-24(27-17-33-18)15-31-22-11-12-25(32-16-26(28)29)23(13-22)20-7-9-21(10-8-20)30-14-19-5-3-2-4-6-19/h2-13,17H,14-16H2,1H3,(H,28,29). The van der Waals surface area contributed by atoms with Crippen molar-refractivity contribution in [2.24, 2.45) is 0 Å². The molecule has 1 aromatic heterocycles. The summed E-state index contributed by atoms with van der Waals surface area (Å²) in [5.41, 5.74) is 3.34. The fourth-order valence-electron chi connectivity index (χ4n) is 3.18. The van der Waals surface area contributed by atoms with Gasteiger partial charge in [-0.3, -0.25) is 0 Å². The Morgan fingerprint density at radius 3 is 2.33 bits per heavy atom. The molecule has 0 fully saturated rings. The second-order valence-electron chi connectivity index (χ2n) is 7.28. The van der Waals surface area contributed by atoms with Crippen LogP contribution in [0.4, 0.5) is 0 Å². The molecule has 0 aliphatic carbocycles. The molecule has 0 saturated carbocycles. The summed E-state index contributed by atoms with van der Waals surface area (Å²) in [6, 6.07) is 22.7. The molecule has 0 radical (unpaired) electrons. The third-order valence-electron chi connectivity index (χ3n) is 4.94. The van der Waals surface area contributed by atoms with Crippen molar-refractivity contribution in [3.8, 4) is 28.4 Å². The summed E-state index contributed by atoms with van der Waals surface area (Å²) < 4.78 is 22.4. The molecular weight excluding hydrogens is 422 g/mol. The van der Waals surface area contributed by atoms with E-state index in [2.05, 4.69) is 4.98 Å². The molecule has 0 aliphatic rings. The molecule has 0 aliphatic heterocycles. The Morgan fingerprint density at radius 1 is 0.909 bits per heavy atom. The van der Waals surface area contributed by atoms with E-state index < -0.39 is 12.6 Å². The van der Waals surface area contributed by atoms with Gasteiger partial charge in [-0.05, 0) is 48.4 Å². The van der Waals surface area contributed by atoms with Crippen LogP contribution in [0, 0.1) is 6.92 Å². The molecule has 3 aromatic carbocycles. The largest absolute Gasteiger partial charge is 0.489 e. The molecule has 7 heteroatoms. The van der Waals surface area contributed by atoms with Crippen LogP contribution >= 0.6 is 0 Å². The molecule has 0 bridgehead atoms. The Morgan fingerprint density at radius 2 is 1.64 bits per heavy atom. The quantitative estimate of drug-likeness (QED) is 0.355. The van der Waals surface area contributed by atoms with Crippen LogP contribution in [-0.2, 0) is 18.0 Å². The van der Waals surface area contributed by atoms with Gasteiger partial charge in [-0.15, -0.1) is 0 Å². The zero-order valence-electron chi connectivity index (χ0n) is 18.1. The van der Waals surface area contributed by atoms with E-state index in [1.54, 1.807) is 12.1 Å². The number of carboxylic acid groups (broad SMARTS) is 1. The number of nitrogens with zero attached hydrogens (tertiary/aromatic N) is 1. The van der Waals surface area contributed by atoms with E-state index in [9.17, 15) is 4.79 Å². The highest BCUT2D eigenvalue weighted by atomic mass is 16.5. The minimum absolute atomic E-state index is 0.253. The minimum Gasteiger partial charge on any atom is -0.489 e. The Balaban J connectivity index is 1.52. The van der Waals surface area contributed by atoms with E-state index in [4.69, 9.17) is 23.7 Å². The Bertz CT molecular complexity index is 1200. The number of hydrogen-bond donors (Lipinski definition) is 1. The molecule has 0 atom stereocenters. The smallest absolute Gasteiger partial charge is 0.341 e. The maximum absolute atomic E-state index is 11.0.